The monoisotopic (exact) mass is 272 g/mol. The van der Waals surface area contributed by atoms with Gasteiger partial charge in [0.25, 0.3) is 0 Å². The molecule has 0 aromatic rings. The molecule has 4 rings (SSSR count). The van der Waals surface area contributed by atoms with Crippen molar-refractivity contribution in [2.75, 3.05) is 6.61 Å². The fourth-order valence-electron chi connectivity index (χ4n) is 6.34. The standard InChI is InChI=1S/C19H28O/c1-18-10-3-2-5-14(18)7-8-15-16(18)9-12-19(13-20)11-4-6-17(15)19/h3,7,10,15-17,20H,2,4-6,8-9,11-13H2,1H3/t15-,16+,17+,18+,19+/m1/s1. The first kappa shape index (κ1) is 13.1. The number of hydrogen-bond acceptors (Lipinski definition) is 1. The van der Waals surface area contributed by atoms with E-state index >= 15 is 0 Å². The Hall–Kier alpha value is -0.560. The number of aliphatic hydroxyl groups is 1. The summed E-state index contributed by atoms with van der Waals surface area (Å²) in [6, 6.07) is 0. The largest absolute Gasteiger partial charge is 0.396 e. The Morgan fingerprint density at radius 2 is 2.15 bits per heavy atom. The minimum atomic E-state index is 0.293. The molecular formula is C19H28O. The number of allylic oxidation sites excluding steroid dienone is 4. The van der Waals surface area contributed by atoms with E-state index in [1.54, 1.807) is 5.57 Å². The third kappa shape index (κ3) is 1.59. The van der Waals surface area contributed by atoms with E-state index in [1.165, 1.54) is 51.4 Å². The molecule has 0 heterocycles. The summed E-state index contributed by atoms with van der Waals surface area (Å²) in [6.45, 7) is 2.93. The molecule has 2 saturated carbocycles. The fourth-order valence-corrected chi connectivity index (χ4v) is 6.34. The van der Waals surface area contributed by atoms with Gasteiger partial charge in [0.05, 0.1) is 0 Å². The molecule has 0 aliphatic heterocycles. The Kier molecular flexibility index (Phi) is 2.93. The summed E-state index contributed by atoms with van der Waals surface area (Å²) in [7, 11) is 0. The number of rotatable bonds is 1. The zero-order chi connectivity index (χ0) is 13.8. The van der Waals surface area contributed by atoms with Crippen LogP contribution in [-0.4, -0.2) is 11.7 Å². The molecule has 0 amide bonds. The van der Waals surface area contributed by atoms with E-state index in [-0.39, 0.29) is 0 Å². The molecule has 5 atom stereocenters. The molecule has 4 aliphatic carbocycles. The van der Waals surface area contributed by atoms with Crippen LogP contribution in [0.4, 0.5) is 0 Å². The molecule has 1 N–H and O–H groups in total. The highest BCUT2D eigenvalue weighted by Gasteiger charge is 2.56. The molecule has 0 spiro atoms. The van der Waals surface area contributed by atoms with Gasteiger partial charge in [0.15, 0.2) is 0 Å². The van der Waals surface area contributed by atoms with E-state index in [1.807, 2.05) is 0 Å². The lowest BCUT2D eigenvalue weighted by Gasteiger charge is -2.55. The van der Waals surface area contributed by atoms with E-state index < -0.39 is 0 Å². The van der Waals surface area contributed by atoms with Crippen LogP contribution in [0.15, 0.2) is 23.8 Å². The molecule has 110 valence electrons. The topological polar surface area (TPSA) is 20.2 Å². The second kappa shape index (κ2) is 4.47. The lowest BCUT2D eigenvalue weighted by Crippen LogP contribution is -2.49. The Balaban J connectivity index is 1.72. The van der Waals surface area contributed by atoms with Gasteiger partial charge in [-0.1, -0.05) is 37.1 Å². The van der Waals surface area contributed by atoms with Crippen LogP contribution in [0.3, 0.4) is 0 Å². The van der Waals surface area contributed by atoms with Crippen molar-refractivity contribution in [3.63, 3.8) is 0 Å². The number of fused-ring (bicyclic) bond motifs is 5. The van der Waals surface area contributed by atoms with Crippen LogP contribution in [0.2, 0.25) is 0 Å². The van der Waals surface area contributed by atoms with Crippen molar-refractivity contribution in [3.05, 3.63) is 23.8 Å². The third-order valence-corrected chi connectivity index (χ3v) is 7.42. The van der Waals surface area contributed by atoms with E-state index in [2.05, 4.69) is 25.2 Å². The normalized spacial score (nSPS) is 50.1. The first-order valence-corrected chi connectivity index (χ1v) is 8.68. The van der Waals surface area contributed by atoms with Gasteiger partial charge in [0.1, 0.15) is 0 Å². The Labute approximate surface area is 123 Å². The summed E-state index contributed by atoms with van der Waals surface area (Å²) in [5, 5.41) is 10.0. The van der Waals surface area contributed by atoms with E-state index in [0.717, 1.165) is 17.8 Å². The van der Waals surface area contributed by atoms with Crippen molar-refractivity contribution in [3.8, 4) is 0 Å². The third-order valence-electron chi connectivity index (χ3n) is 7.42. The smallest absolute Gasteiger partial charge is 0.0490 e. The average molecular weight is 272 g/mol. The van der Waals surface area contributed by atoms with Crippen LogP contribution in [0.5, 0.6) is 0 Å². The highest BCUT2D eigenvalue weighted by Crippen LogP contribution is 2.63. The van der Waals surface area contributed by atoms with Gasteiger partial charge in [-0.15, -0.1) is 0 Å². The quantitative estimate of drug-likeness (QED) is 0.698. The van der Waals surface area contributed by atoms with E-state index in [9.17, 15) is 5.11 Å². The van der Waals surface area contributed by atoms with Gasteiger partial charge in [-0.05, 0) is 68.1 Å². The first-order chi connectivity index (χ1) is 9.70. The molecule has 0 aromatic carbocycles. The maximum Gasteiger partial charge on any atom is 0.0490 e. The highest BCUT2D eigenvalue weighted by molar-refractivity contribution is 5.31. The molecule has 0 radical (unpaired) electrons. The Bertz CT molecular complexity index is 462. The van der Waals surface area contributed by atoms with Gasteiger partial charge in [-0.2, -0.15) is 0 Å². The molecule has 0 bridgehead atoms. The van der Waals surface area contributed by atoms with Crippen LogP contribution < -0.4 is 0 Å². The molecule has 0 aromatic heterocycles. The van der Waals surface area contributed by atoms with Crippen molar-refractivity contribution >= 4 is 0 Å². The SMILES string of the molecule is C[C@]12C=CCCC1=CC[C@H]1[C@@H]3CCC[C@@]3(CO)CC[C@@H]12. The predicted octanol–water partition coefficient (Wildman–Crippen LogP) is 4.48. The van der Waals surface area contributed by atoms with Crippen LogP contribution >= 0.6 is 0 Å². The average Bonchev–Trinajstić information content (AvgIpc) is 2.91. The molecule has 20 heavy (non-hydrogen) atoms. The van der Waals surface area contributed by atoms with Gasteiger partial charge in [0.2, 0.25) is 0 Å². The van der Waals surface area contributed by atoms with Gasteiger partial charge in [0, 0.05) is 12.0 Å². The summed E-state index contributed by atoms with van der Waals surface area (Å²) in [5.41, 5.74) is 2.35. The van der Waals surface area contributed by atoms with Crippen LogP contribution in [0.1, 0.15) is 58.3 Å². The molecule has 1 heteroatoms. The van der Waals surface area contributed by atoms with Crippen LogP contribution in [-0.2, 0) is 0 Å². The molecule has 2 fully saturated rings. The van der Waals surface area contributed by atoms with Crippen molar-refractivity contribution in [1.29, 1.82) is 0 Å². The van der Waals surface area contributed by atoms with Gasteiger partial charge in [-0.25, -0.2) is 0 Å². The van der Waals surface area contributed by atoms with E-state index in [0.29, 0.717) is 17.4 Å². The van der Waals surface area contributed by atoms with Crippen LogP contribution in [0.25, 0.3) is 0 Å². The van der Waals surface area contributed by atoms with Crippen molar-refractivity contribution in [2.24, 2.45) is 28.6 Å². The van der Waals surface area contributed by atoms with E-state index in [4.69, 9.17) is 0 Å². The molecular weight excluding hydrogens is 244 g/mol. The van der Waals surface area contributed by atoms with Crippen molar-refractivity contribution < 1.29 is 5.11 Å². The molecule has 4 aliphatic rings. The molecule has 1 nitrogen and oxygen atoms in total. The molecule has 0 saturated heterocycles. The lowest BCUT2D eigenvalue weighted by molar-refractivity contribution is -0.0427. The minimum Gasteiger partial charge on any atom is -0.396 e. The number of aliphatic hydroxyl groups excluding tert-OH is 1. The summed E-state index contributed by atoms with van der Waals surface area (Å²) < 4.78 is 0. The van der Waals surface area contributed by atoms with Gasteiger partial charge in [-0.3, -0.25) is 0 Å². The maximum absolute atomic E-state index is 10.0. The van der Waals surface area contributed by atoms with Crippen molar-refractivity contribution in [2.45, 2.75) is 58.3 Å². The summed E-state index contributed by atoms with van der Waals surface area (Å²) in [5.74, 6) is 2.45. The minimum absolute atomic E-state index is 0.293. The zero-order valence-electron chi connectivity index (χ0n) is 12.8. The zero-order valence-corrected chi connectivity index (χ0v) is 12.8. The Morgan fingerprint density at radius 3 is 3.00 bits per heavy atom. The lowest BCUT2D eigenvalue weighted by atomic mass is 9.49. The van der Waals surface area contributed by atoms with Gasteiger partial charge >= 0.3 is 0 Å². The number of hydrogen-bond donors (Lipinski definition) is 1. The Morgan fingerprint density at radius 1 is 1.25 bits per heavy atom. The van der Waals surface area contributed by atoms with Crippen molar-refractivity contribution in [1.82, 2.24) is 0 Å². The summed E-state index contributed by atoms with van der Waals surface area (Å²) in [6.07, 6.45) is 17.9. The molecule has 0 unspecified atom stereocenters. The second-order valence-corrected chi connectivity index (χ2v) is 8.02. The first-order valence-electron chi connectivity index (χ1n) is 8.68. The summed E-state index contributed by atoms with van der Waals surface area (Å²) >= 11 is 0. The second-order valence-electron chi connectivity index (χ2n) is 8.02. The fraction of sp³-hybridized carbons (Fsp3) is 0.789. The summed E-state index contributed by atoms with van der Waals surface area (Å²) in [4.78, 5) is 0. The maximum atomic E-state index is 10.0. The highest BCUT2D eigenvalue weighted by atomic mass is 16.3. The van der Waals surface area contributed by atoms with Crippen LogP contribution in [0, 0.1) is 28.6 Å². The predicted molar refractivity (Wildman–Crippen MR) is 82.3 cm³/mol. The van der Waals surface area contributed by atoms with Gasteiger partial charge < -0.3 is 5.11 Å².